The molecule has 0 spiro atoms. The van der Waals surface area contributed by atoms with E-state index in [0.29, 0.717) is 0 Å². The largest absolute Gasteiger partial charge is 0.394 e. The molecule has 4 fully saturated rings. The third-order valence-corrected chi connectivity index (χ3v) is 8.37. The van der Waals surface area contributed by atoms with Crippen LogP contribution in [0.1, 0.15) is 6.42 Å². The van der Waals surface area contributed by atoms with Gasteiger partial charge in [0.2, 0.25) is 0 Å². The molecule has 3 aliphatic heterocycles. The molecule has 0 aromatic rings. The number of hydrogen-bond donors (Lipinski definition) is 13. The van der Waals surface area contributed by atoms with Crippen molar-refractivity contribution < 1.29 is 64.2 Å². The number of aliphatic hydroxyl groups is 7. The van der Waals surface area contributed by atoms with Crippen LogP contribution < -0.4 is 34.4 Å². The monoisotopic (exact) mass is 614 g/mol. The summed E-state index contributed by atoms with van der Waals surface area (Å²) in [5, 5.41) is 73.0. The molecule has 0 bridgehead atoms. The van der Waals surface area contributed by atoms with E-state index in [1.807, 2.05) is 0 Å². The first-order chi connectivity index (χ1) is 19.8. The first-order valence-electron chi connectivity index (χ1n) is 13.9. The van der Waals surface area contributed by atoms with Crippen LogP contribution in [0.25, 0.3) is 0 Å². The normalized spacial score (nSPS) is 53.8. The molecule has 19 N–H and O–H groups in total. The van der Waals surface area contributed by atoms with Gasteiger partial charge < -0.3 is 98.6 Å². The Balaban J connectivity index is 1.50. The summed E-state index contributed by atoms with van der Waals surface area (Å²) in [4.78, 5) is 0. The van der Waals surface area contributed by atoms with E-state index >= 15 is 0 Å². The fraction of sp³-hybridized carbons (Fsp3) is 1.00. The summed E-state index contributed by atoms with van der Waals surface area (Å²) >= 11 is 0. The predicted octanol–water partition coefficient (Wildman–Crippen LogP) is -8.90. The van der Waals surface area contributed by atoms with Crippen molar-refractivity contribution in [2.45, 2.75) is 123 Å². The second-order valence-corrected chi connectivity index (χ2v) is 11.2. The summed E-state index contributed by atoms with van der Waals surface area (Å²) in [6.45, 7) is -0.967. The van der Waals surface area contributed by atoms with E-state index in [1.54, 1.807) is 0 Å². The van der Waals surface area contributed by atoms with Crippen LogP contribution in [0.15, 0.2) is 0 Å². The third-order valence-electron chi connectivity index (χ3n) is 8.37. The minimum Gasteiger partial charge on any atom is -0.394 e. The van der Waals surface area contributed by atoms with Gasteiger partial charge in [0.05, 0.1) is 24.8 Å². The third kappa shape index (κ3) is 6.60. The molecule has 42 heavy (non-hydrogen) atoms. The Kier molecular flexibility index (Phi) is 11.5. The van der Waals surface area contributed by atoms with Gasteiger partial charge in [-0.25, -0.2) is 0 Å². The summed E-state index contributed by atoms with van der Waals surface area (Å²) in [7, 11) is 0. The molecule has 3 heterocycles. The average Bonchev–Trinajstić information content (AvgIpc) is 3.27. The highest BCUT2D eigenvalue weighted by atomic mass is 16.8. The second kappa shape index (κ2) is 14.1. The molecule has 0 aromatic carbocycles. The highest BCUT2D eigenvalue weighted by molar-refractivity contribution is 5.02. The van der Waals surface area contributed by atoms with E-state index < -0.39 is 123 Å². The lowest BCUT2D eigenvalue weighted by Gasteiger charge is -2.47. The van der Waals surface area contributed by atoms with Crippen molar-refractivity contribution >= 4 is 0 Å². The van der Waals surface area contributed by atoms with Gasteiger partial charge >= 0.3 is 0 Å². The molecule has 19 nitrogen and oxygen atoms in total. The molecule has 4 rings (SSSR count). The van der Waals surface area contributed by atoms with Crippen LogP contribution in [0, 0.1) is 0 Å². The molecule has 1 saturated carbocycles. The Morgan fingerprint density at radius 3 is 1.45 bits per heavy atom. The van der Waals surface area contributed by atoms with Crippen LogP contribution in [0.5, 0.6) is 0 Å². The molecule has 246 valence electrons. The lowest BCUT2D eigenvalue weighted by Crippen LogP contribution is -2.68. The Labute approximate surface area is 241 Å². The molecular weight excluding hydrogens is 568 g/mol. The average molecular weight is 615 g/mol. The number of rotatable bonds is 9. The standard InChI is InChI=1S/C23H46N6O13/c24-2-7-13(32)15(34)10(28)21(37-7)40-18-6(27)1-5(26)12(31)20(18)42-23-17(36)19(9(4-30)39-23)41-22-11(29)16(35)14(33)8(3-25)38-22/h5-23,30-36H,1-4,24-29H2/t5?,6-,7+,8-,9?,10+,11+,12-,13?,14?,15+,16+,17+,18?,19+,20?,21?,22-,23?/m0/s1. The van der Waals surface area contributed by atoms with E-state index in [0.717, 1.165) is 0 Å². The van der Waals surface area contributed by atoms with E-state index in [9.17, 15) is 35.7 Å². The van der Waals surface area contributed by atoms with Crippen LogP contribution in [-0.2, 0) is 28.4 Å². The van der Waals surface area contributed by atoms with E-state index in [1.165, 1.54) is 0 Å². The van der Waals surface area contributed by atoms with Gasteiger partial charge in [-0.2, -0.15) is 0 Å². The first-order valence-corrected chi connectivity index (χ1v) is 13.9. The SMILES string of the molecule is NC[C@@H]1O[C@@H](O[C@@H]2C(CO)OC(OC3C(OC4O[C@H](CN)C(O)[C@H](O)[C@H]4N)[C@@H](N)CC(N)[C@@H]3O)[C@@H]2O)[C@H](N)[C@@H](O)C1O. The van der Waals surface area contributed by atoms with Crippen LogP contribution in [0.3, 0.4) is 0 Å². The molecule has 1 aliphatic carbocycles. The van der Waals surface area contributed by atoms with Crippen molar-refractivity contribution in [3.05, 3.63) is 0 Å². The number of nitrogens with two attached hydrogens (primary N) is 6. The molecular formula is C23H46N6O13. The fourth-order valence-electron chi connectivity index (χ4n) is 5.74. The minimum absolute atomic E-state index is 0.0889. The van der Waals surface area contributed by atoms with Crippen molar-refractivity contribution in [1.29, 1.82) is 0 Å². The van der Waals surface area contributed by atoms with E-state index in [4.69, 9.17) is 62.8 Å². The van der Waals surface area contributed by atoms with Crippen molar-refractivity contribution in [1.82, 2.24) is 0 Å². The van der Waals surface area contributed by atoms with Gasteiger partial charge in [0, 0.05) is 25.2 Å². The van der Waals surface area contributed by atoms with Gasteiger partial charge in [0.1, 0.15) is 67.1 Å². The molecule has 3 saturated heterocycles. The van der Waals surface area contributed by atoms with Gasteiger partial charge in [0.25, 0.3) is 0 Å². The maximum atomic E-state index is 11.1. The topological polar surface area (TPSA) is 353 Å². The van der Waals surface area contributed by atoms with Crippen LogP contribution in [0.4, 0.5) is 0 Å². The smallest absolute Gasteiger partial charge is 0.187 e. The zero-order chi connectivity index (χ0) is 31.0. The number of aliphatic hydroxyl groups excluding tert-OH is 7. The van der Waals surface area contributed by atoms with Crippen molar-refractivity contribution in [3.8, 4) is 0 Å². The molecule has 0 amide bonds. The van der Waals surface area contributed by atoms with Crippen LogP contribution >= 0.6 is 0 Å². The van der Waals surface area contributed by atoms with Gasteiger partial charge in [-0.15, -0.1) is 0 Å². The Morgan fingerprint density at radius 2 is 0.976 bits per heavy atom. The maximum Gasteiger partial charge on any atom is 0.187 e. The summed E-state index contributed by atoms with van der Waals surface area (Å²) in [5.74, 6) is 0. The number of hydrogen-bond acceptors (Lipinski definition) is 19. The van der Waals surface area contributed by atoms with Crippen molar-refractivity contribution in [2.24, 2.45) is 34.4 Å². The highest BCUT2D eigenvalue weighted by Crippen LogP contribution is 2.34. The van der Waals surface area contributed by atoms with Gasteiger partial charge in [-0.3, -0.25) is 0 Å². The Hall–Kier alpha value is -0.760. The molecule has 0 radical (unpaired) electrons. The molecule has 0 aromatic heterocycles. The lowest BCUT2D eigenvalue weighted by atomic mass is 9.84. The minimum atomic E-state index is -1.60. The van der Waals surface area contributed by atoms with Gasteiger partial charge in [-0.1, -0.05) is 0 Å². The van der Waals surface area contributed by atoms with E-state index in [-0.39, 0.29) is 19.5 Å². The van der Waals surface area contributed by atoms with Crippen molar-refractivity contribution in [2.75, 3.05) is 19.7 Å². The maximum absolute atomic E-state index is 11.1. The zero-order valence-electron chi connectivity index (χ0n) is 22.8. The Bertz CT molecular complexity index is 868. The van der Waals surface area contributed by atoms with Crippen LogP contribution in [-0.4, -0.2) is 172 Å². The Morgan fingerprint density at radius 1 is 0.524 bits per heavy atom. The first kappa shape index (κ1) is 34.1. The summed E-state index contributed by atoms with van der Waals surface area (Å²) in [6, 6.07) is -4.18. The lowest BCUT2D eigenvalue weighted by molar-refractivity contribution is -0.306. The zero-order valence-corrected chi connectivity index (χ0v) is 22.8. The molecule has 19 atom stereocenters. The summed E-state index contributed by atoms with van der Waals surface area (Å²) in [5.41, 5.74) is 35.6. The second-order valence-electron chi connectivity index (χ2n) is 11.2. The number of ether oxygens (including phenoxy) is 6. The van der Waals surface area contributed by atoms with Gasteiger partial charge in [-0.05, 0) is 6.42 Å². The summed E-state index contributed by atoms with van der Waals surface area (Å²) in [6.07, 6.45) is -19.8. The predicted molar refractivity (Wildman–Crippen MR) is 138 cm³/mol. The van der Waals surface area contributed by atoms with Crippen LogP contribution in [0.2, 0.25) is 0 Å². The molecule has 4 aliphatic rings. The van der Waals surface area contributed by atoms with E-state index in [2.05, 4.69) is 0 Å². The highest BCUT2D eigenvalue weighted by Gasteiger charge is 2.54. The molecule has 8 unspecified atom stereocenters. The molecule has 19 heteroatoms. The van der Waals surface area contributed by atoms with Crippen molar-refractivity contribution in [3.63, 3.8) is 0 Å². The quantitative estimate of drug-likeness (QED) is 0.115. The fourth-order valence-corrected chi connectivity index (χ4v) is 5.74. The van der Waals surface area contributed by atoms with Gasteiger partial charge in [0.15, 0.2) is 18.9 Å². The summed E-state index contributed by atoms with van der Waals surface area (Å²) < 4.78 is 34.6.